The molecule has 1 unspecified atom stereocenters. The van der Waals surface area contributed by atoms with Gasteiger partial charge in [0.05, 0.1) is 10.4 Å². The molecule has 0 saturated carbocycles. The van der Waals surface area contributed by atoms with Crippen molar-refractivity contribution >= 4 is 33.1 Å². The topological polar surface area (TPSA) is 69.6 Å². The highest BCUT2D eigenvalue weighted by Crippen LogP contribution is 2.27. The Hall–Kier alpha value is -0.180. The van der Waals surface area contributed by atoms with E-state index in [1.807, 2.05) is 6.07 Å². The highest BCUT2D eigenvalue weighted by molar-refractivity contribution is 7.87. The smallest absolute Gasteiger partial charge is 0.280 e. The monoisotopic (exact) mass is 338 g/mol. The number of nitrogens with zero attached hydrogens (tertiary/aromatic N) is 1. The van der Waals surface area contributed by atoms with Crippen LogP contribution < -0.4 is 4.72 Å². The van der Waals surface area contributed by atoms with Crippen LogP contribution in [0.3, 0.4) is 0 Å². The average molecular weight is 339 g/mol. The first-order valence-corrected chi connectivity index (χ1v) is 9.19. The molecule has 1 aromatic heterocycles. The maximum absolute atomic E-state index is 12.3. The van der Waals surface area contributed by atoms with Gasteiger partial charge in [-0.3, -0.25) is 0 Å². The van der Waals surface area contributed by atoms with E-state index in [4.69, 9.17) is 16.7 Å². The normalized spacial score (nSPS) is 20.1. The SMILES string of the molecule is CC(NS(=O)(=O)N1CCC(CO)CC1)c1ccc(Cl)s1. The number of hydrogen-bond donors (Lipinski definition) is 2. The molecule has 114 valence electrons. The number of nitrogens with one attached hydrogen (secondary N) is 1. The van der Waals surface area contributed by atoms with Crippen LogP contribution >= 0.6 is 22.9 Å². The Morgan fingerprint density at radius 3 is 2.65 bits per heavy atom. The molecule has 0 aliphatic carbocycles. The number of hydrogen-bond acceptors (Lipinski definition) is 4. The van der Waals surface area contributed by atoms with Crippen molar-refractivity contribution in [2.75, 3.05) is 19.7 Å². The number of aliphatic hydroxyl groups excluding tert-OH is 1. The van der Waals surface area contributed by atoms with Crippen LogP contribution in [0, 0.1) is 5.92 Å². The lowest BCUT2D eigenvalue weighted by molar-refractivity contribution is 0.169. The molecular formula is C12H19ClN2O3S2. The van der Waals surface area contributed by atoms with E-state index >= 15 is 0 Å². The molecule has 0 amide bonds. The van der Waals surface area contributed by atoms with Crippen molar-refractivity contribution in [3.8, 4) is 0 Å². The Morgan fingerprint density at radius 2 is 2.15 bits per heavy atom. The Labute approximate surface area is 128 Å². The number of piperidine rings is 1. The summed E-state index contributed by atoms with van der Waals surface area (Å²) < 4.78 is 29.4. The molecule has 1 saturated heterocycles. The molecule has 20 heavy (non-hydrogen) atoms. The average Bonchev–Trinajstić information content (AvgIpc) is 2.85. The van der Waals surface area contributed by atoms with Crippen molar-refractivity contribution in [2.24, 2.45) is 5.92 Å². The van der Waals surface area contributed by atoms with Gasteiger partial charge in [-0.05, 0) is 37.8 Å². The predicted octanol–water partition coefficient (Wildman–Crippen LogP) is 2.00. The predicted molar refractivity (Wildman–Crippen MR) is 81.2 cm³/mol. The Morgan fingerprint density at radius 1 is 1.50 bits per heavy atom. The van der Waals surface area contributed by atoms with Gasteiger partial charge < -0.3 is 5.11 Å². The molecule has 0 radical (unpaired) electrons. The standard InChI is InChI=1S/C12H19ClN2O3S2/c1-9(11-2-3-12(13)19-11)14-20(17,18)15-6-4-10(8-16)5-7-15/h2-3,9-10,14,16H,4-8H2,1H3. The summed E-state index contributed by atoms with van der Waals surface area (Å²) in [4.78, 5) is 0.892. The summed E-state index contributed by atoms with van der Waals surface area (Å²) in [6.07, 6.45) is 1.41. The minimum absolute atomic E-state index is 0.130. The van der Waals surface area contributed by atoms with Gasteiger partial charge in [-0.15, -0.1) is 11.3 Å². The van der Waals surface area contributed by atoms with Crippen molar-refractivity contribution in [2.45, 2.75) is 25.8 Å². The van der Waals surface area contributed by atoms with Gasteiger partial charge in [-0.25, -0.2) is 0 Å². The highest BCUT2D eigenvalue weighted by atomic mass is 35.5. The molecule has 1 aromatic rings. The third-order valence-electron chi connectivity index (χ3n) is 3.52. The lowest BCUT2D eigenvalue weighted by atomic mass is 10.00. The van der Waals surface area contributed by atoms with Crippen LogP contribution in [0.4, 0.5) is 0 Å². The molecule has 8 heteroatoms. The van der Waals surface area contributed by atoms with Crippen LogP contribution in [0.15, 0.2) is 12.1 Å². The zero-order valence-electron chi connectivity index (χ0n) is 11.3. The van der Waals surface area contributed by atoms with Crippen molar-refractivity contribution < 1.29 is 13.5 Å². The largest absolute Gasteiger partial charge is 0.396 e. The number of thiophene rings is 1. The minimum Gasteiger partial charge on any atom is -0.396 e. The van der Waals surface area contributed by atoms with Gasteiger partial charge in [-0.1, -0.05) is 11.6 Å². The van der Waals surface area contributed by atoms with Crippen LogP contribution in [-0.4, -0.2) is 37.5 Å². The molecule has 2 heterocycles. The Balaban J connectivity index is 1.97. The maximum Gasteiger partial charge on any atom is 0.280 e. The van der Waals surface area contributed by atoms with Crippen LogP contribution in [0.2, 0.25) is 4.34 Å². The fourth-order valence-corrected chi connectivity index (χ4v) is 4.80. The first-order chi connectivity index (χ1) is 9.42. The molecule has 0 aromatic carbocycles. The van der Waals surface area contributed by atoms with E-state index in [1.165, 1.54) is 15.6 Å². The van der Waals surface area contributed by atoms with Gasteiger partial charge in [0.25, 0.3) is 10.2 Å². The molecule has 0 bridgehead atoms. The maximum atomic E-state index is 12.3. The lowest BCUT2D eigenvalue weighted by Crippen LogP contribution is -2.45. The summed E-state index contributed by atoms with van der Waals surface area (Å²) in [5.74, 6) is 0.218. The van der Waals surface area contributed by atoms with Crippen molar-refractivity contribution in [3.63, 3.8) is 0 Å². The number of halogens is 1. The van der Waals surface area contributed by atoms with E-state index in [0.29, 0.717) is 30.3 Å². The zero-order chi connectivity index (χ0) is 14.8. The molecular weight excluding hydrogens is 320 g/mol. The first-order valence-electron chi connectivity index (χ1n) is 6.56. The fourth-order valence-electron chi connectivity index (χ4n) is 2.25. The van der Waals surface area contributed by atoms with E-state index in [0.717, 1.165) is 4.88 Å². The van der Waals surface area contributed by atoms with Gasteiger partial charge in [0.15, 0.2) is 0 Å². The molecule has 1 atom stereocenters. The Kier molecular flexibility index (Phi) is 5.44. The summed E-state index contributed by atoms with van der Waals surface area (Å²) in [5.41, 5.74) is 0. The summed E-state index contributed by atoms with van der Waals surface area (Å²) in [6.45, 7) is 2.85. The number of aliphatic hydroxyl groups is 1. The van der Waals surface area contributed by atoms with E-state index < -0.39 is 10.2 Å². The summed E-state index contributed by atoms with van der Waals surface area (Å²) in [6, 6.07) is 3.30. The van der Waals surface area contributed by atoms with Gasteiger partial charge >= 0.3 is 0 Å². The van der Waals surface area contributed by atoms with Crippen molar-refractivity contribution in [3.05, 3.63) is 21.3 Å². The van der Waals surface area contributed by atoms with E-state index in [9.17, 15) is 8.42 Å². The van der Waals surface area contributed by atoms with Crippen LogP contribution in [-0.2, 0) is 10.2 Å². The summed E-state index contributed by atoms with van der Waals surface area (Å²) in [5, 5.41) is 9.08. The third kappa shape index (κ3) is 3.93. The van der Waals surface area contributed by atoms with Gasteiger partial charge in [0, 0.05) is 24.6 Å². The Bertz CT molecular complexity index is 539. The molecule has 2 N–H and O–H groups in total. The summed E-state index contributed by atoms with van der Waals surface area (Å²) in [7, 11) is -3.49. The second-order valence-electron chi connectivity index (χ2n) is 5.01. The van der Waals surface area contributed by atoms with E-state index in [2.05, 4.69) is 4.72 Å². The van der Waals surface area contributed by atoms with Crippen molar-refractivity contribution in [1.82, 2.24) is 9.03 Å². The molecule has 1 aliphatic rings. The fraction of sp³-hybridized carbons (Fsp3) is 0.667. The molecule has 2 rings (SSSR count). The van der Waals surface area contributed by atoms with Crippen LogP contribution in [0.25, 0.3) is 0 Å². The second-order valence-corrected chi connectivity index (χ2v) is 8.46. The quantitative estimate of drug-likeness (QED) is 0.862. The first kappa shape index (κ1) is 16.2. The molecule has 5 nitrogen and oxygen atoms in total. The second kappa shape index (κ2) is 6.72. The van der Waals surface area contributed by atoms with Gasteiger partial charge in [0.2, 0.25) is 0 Å². The molecule has 0 spiro atoms. The highest BCUT2D eigenvalue weighted by Gasteiger charge is 2.29. The molecule has 1 aliphatic heterocycles. The van der Waals surface area contributed by atoms with E-state index in [-0.39, 0.29) is 18.6 Å². The van der Waals surface area contributed by atoms with Crippen molar-refractivity contribution in [1.29, 1.82) is 0 Å². The zero-order valence-corrected chi connectivity index (χ0v) is 13.6. The van der Waals surface area contributed by atoms with Gasteiger partial charge in [0.1, 0.15) is 0 Å². The van der Waals surface area contributed by atoms with Crippen LogP contribution in [0.5, 0.6) is 0 Å². The summed E-state index contributed by atoms with van der Waals surface area (Å²) >= 11 is 7.24. The third-order valence-corrected chi connectivity index (χ3v) is 6.63. The number of rotatable bonds is 5. The minimum atomic E-state index is -3.49. The molecule has 1 fully saturated rings. The van der Waals surface area contributed by atoms with Gasteiger partial charge in [-0.2, -0.15) is 17.4 Å². The van der Waals surface area contributed by atoms with Crippen LogP contribution in [0.1, 0.15) is 30.7 Å². The van der Waals surface area contributed by atoms with E-state index in [1.54, 1.807) is 13.0 Å². The lowest BCUT2D eigenvalue weighted by Gasteiger charge is -2.31.